The largest absolute Gasteiger partial charge is 0.486 e. The highest BCUT2D eigenvalue weighted by atomic mass is 19.1. The van der Waals surface area contributed by atoms with Crippen molar-refractivity contribution in [3.63, 3.8) is 0 Å². The number of carbonyl (C=O) groups excluding carboxylic acids is 1. The number of carbonyl (C=O) groups is 1. The van der Waals surface area contributed by atoms with Crippen LogP contribution in [0.25, 0.3) is 21.8 Å². The second-order valence-corrected chi connectivity index (χ2v) is 7.48. The summed E-state index contributed by atoms with van der Waals surface area (Å²) in [6.45, 7) is -0.351. The zero-order valence-corrected chi connectivity index (χ0v) is 18.0. The Balaban J connectivity index is 1.39. The van der Waals surface area contributed by atoms with Crippen molar-refractivity contribution >= 4 is 33.6 Å². The van der Waals surface area contributed by atoms with Gasteiger partial charge in [0.25, 0.3) is 0 Å². The molecule has 2 aromatic heterocycles. The van der Waals surface area contributed by atoms with Gasteiger partial charge in [-0.05, 0) is 54.6 Å². The first-order valence-electron chi connectivity index (χ1n) is 10.5. The Kier molecular flexibility index (Phi) is 5.88. The Morgan fingerprint density at radius 2 is 1.60 bits per heavy atom. The average molecular weight is 475 g/mol. The lowest BCUT2D eigenvalue weighted by Crippen LogP contribution is -2.17. The van der Waals surface area contributed by atoms with Crippen LogP contribution in [0.1, 0.15) is 5.56 Å². The molecule has 9 heteroatoms. The zero-order chi connectivity index (χ0) is 24.4. The van der Waals surface area contributed by atoms with Crippen LogP contribution in [0.5, 0.6) is 11.5 Å². The number of fused-ring (bicyclic) bond motifs is 2. The van der Waals surface area contributed by atoms with Gasteiger partial charge in [0.05, 0.1) is 16.8 Å². The number of benzene rings is 3. The number of aromatic nitrogens is 2. The van der Waals surface area contributed by atoms with Crippen molar-refractivity contribution in [3.05, 3.63) is 102 Å². The second-order valence-electron chi connectivity index (χ2n) is 7.48. The third-order valence-electron chi connectivity index (χ3n) is 5.27. The molecule has 1 amide bonds. The third-order valence-corrected chi connectivity index (χ3v) is 5.27. The van der Waals surface area contributed by atoms with E-state index in [4.69, 9.17) is 9.47 Å². The average Bonchev–Trinajstić information content (AvgIpc) is 2.84. The minimum Gasteiger partial charge on any atom is -0.486 e. The third kappa shape index (κ3) is 4.56. The molecule has 5 aromatic rings. The first-order chi connectivity index (χ1) is 17.0. The summed E-state index contributed by atoms with van der Waals surface area (Å²) in [4.78, 5) is 21.1. The highest BCUT2D eigenvalue weighted by Crippen LogP contribution is 2.31. The fourth-order valence-electron chi connectivity index (χ4n) is 3.61. The van der Waals surface area contributed by atoms with Gasteiger partial charge in [-0.3, -0.25) is 15.3 Å². The Bertz CT molecular complexity index is 1560. The summed E-state index contributed by atoms with van der Waals surface area (Å²) in [5, 5.41) is 3.46. The molecule has 6 nitrogen and oxygen atoms in total. The normalized spacial score (nSPS) is 10.9. The van der Waals surface area contributed by atoms with Gasteiger partial charge in [-0.15, -0.1) is 0 Å². The van der Waals surface area contributed by atoms with Gasteiger partial charge < -0.3 is 9.47 Å². The van der Waals surface area contributed by atoms with Gasteiger partial charge in [-0.25, -0.2) is 18.0 Å². The number of anilines is 1. The summed E-state index contributed by atoms with van der Waals surface area (Å²) in [5.41, 5.74) is 0.962. The summed E-state index contributed by atoms with van der Waals surface area (Å²) in [5.74, 6) is -1.47. The number of nitrogens with zero attached hydrogens (tertiary/aromatic N) is 2. The number of nitrogens with one attached hydrogen (secondary N) is 1. The molecule has 0 saturated heterocycles. The maximum atomic E-state index is 13.9. The molecule has 0 radical (unpaired) electrons. The van der Waals surface area contributed by atoms with Crippen molar-refractivity contribution in [2.45, 2.75) is 6.61 Å². The highest BCUT2D eigenvalue weighted by Gasteiger charge is 2.15. The van der Waals surface area contributed by atoms with Gasteiger partial charge >= 0.3 is 6.09 Å². The van der Waals surface area contributed by atoms with Gasteiger partial charge in [0.1, 0.15) is 41.1 Å². The molecule has 174 valence electrons. The molecular weight excluding hydrogens is 459 g/mol. The van der Waals surface area contributed by atoms with Crippen LogP contribution in [0.3, 0.4) is 0 Å². The summed E-state index contributed by atoms with van der Waals surface area (Å²) >= 11 is 0. The Hall–Kier alpha value is -4.66. The van der Waals surface area contributed by atoms with Crippen molar-refractivity contribution in [2.75, 3.05) is 5.32 Å². The minimum absolute atomic E-state index is 0.180. The molecular formula is C26H16F3N3O3. The van der Waals surface area contributed by atoms with Crippen LogP contribution in [-0.4, -0.2) is 16.1 Å². The number of ether oxygens (including phenoxy) is 2. The molecule has 0 aliphatic heterocycles. The number of para-hydroxylation sites is 1. The number of pyridine rings is 2. The molecule has 5 rings (SSSR count). The quantitative estimate of drug-likeness (QED) is 0.319. The molecule has 0 aliphatic rings. The summed E-state index contributed by atoms with van der Waals surface area (Å²) in [7, 11) is 0. The van der Waals surface area contributed by atoms with Gasteiger partial charge in [-0.2, -0.15) is 0 Å². The van der Waals surface area contributed by atoms with Crippen molar-refractivity contribution in [3.8, 4) is 11.5 Å². The van der Waals surface area contributed by atoms with Crippen molar-refractivity contribution < 1.29 is 27.4 Å². The fraction of sp³-hybridized carbons (Fsp3) is 0.0385. The van der Waals surface area contributed by atoms with Crippen LogP contribution in [0.2, 0.25) is 0 Å². The van der Waals surface area contributed by atoms with Crippen LogP contribution < -0.4 is 14.8 Å². The number of halogens is 3. The molecule has 0 aliphatic carbocycles. The molecule has 3 aromatic carbocycles. The molecule has 35 heavy (non-hydrogen) atoms. The number of hydrogen-bond acceptors (Lipinski definition) is 5. The minimum atomic E-state index is -0.811. The predicted molar refractivity (Wildman–Crippen MR) is 124 cm³/mol. The van der Waals surface area contributed by atoms with Gasteiger partial charge in [0, 0.05) is 23.2 Å². The Morgan fingerprint density at radius 3 is 2.43 bits per heavy atom. The maximum absolute atomic E-state index is 13.9. The Morgan fingerprint density at radius 1 is 0.829 bits per heavy atom. The van der Waals surface area contributed by atoms with Crippen molar-refractivity contribution in [1.82, 2.24) is 9.97 Å². The standard InChI is InChI=1S/C26H16F3N3O3/c27-15-7-8-21-17(13-15)22(9-11-30-21)32-26(33)35-23-10-12-31-25-16(23)3-1-6-24(25)34-14-18-19(28)4-2-5-20(18)29/h1-13H,14H2,(H,30,32,33). The van der Waals surface area contributed by atoms with E-state index in [1.54, 1.807) is 18.2 Å². The van der Waals surface area contributed by atoms with Crippen LogP contribution in [0.15, 0.2) is 79.1 Å². The lowest BCUT2D eigenvalue weighted by Gasteiger charge is -2.13. The van der Waals surface area contributed by atoms with E-state index in [0.717, 1.165) is 12.1 Å². The first kappa shape index (κ1) is 22.1. The van der Waals surface area contributed by atoms with Crippen molar-refractivity contribution in [2.24, 2.45) is 0 Å². The van der Waals surface area contributed by atoms with Crippen LogP contribution in [-0.2, 0) is 6.61 Å². The second kappa shape index (κ2) is 9.30. The smallest absolute Gasteiger partial charge is 0.417 e. The SMILES string of the molecule is O=C(Nc1ccnc2ccc(F)cc12)Oc1ccnc2c(OCc3c(F)cccc3F)cccc12. The summed E-state index contributed by atoms with van der Waals surface area (Å²) in [6.07, 6.45) is 2.09. The molecule has 0 saturated carbocycles. The van der Waals surface area contributed by atoms with E-state index in [2.05, 4.69) is 15.3 Å². The van der Waals surface area contributed by atoms with E-state index in [0.29, 0.717) is 27.5 Å². The molecule has 0 unspecified atom stereocenters. The van der Waals surface area contributed by atoms with E-state index >= 15 is 0 Å². The lowest BCUT2D eigenvalue weighted by atomic mass is 10.2. The molecule has 0 bridgehead atoms. The van der Waals surface area contributed by atoms with Gasteiger partial charge in [0.2, 0.25) is 0 Å². The number of rotatable bonds is 5. The predicted octanol–water partition coefficient (Wildman–Crippen LogP) is 6.39. The number of hydrogen-bond donors (Lipinski definition) is 1. The van der Waals surface area contributed by atoms with E-state index in [1.807, 2.05) is 0 Å². The maximum Gasteiger partial charge on any atom is 0.417 e. The molecule has 1 N–H and O–H groups in total. The van der Waals surface area contributed by atoms with Gasteiger partial charge in [-0.1, -0.05) is 12.1 Å². The van der Waals surface area contributed by atoms with E-state index in [-0.39, 0.29) is 23.7 Å². The summed E-state index contributed by atoms with van der Waals surface area (Å²) in [6, 6.07) is 15.5. The molecule has 0 spiro atoms. The zero-order valence-electron chi connectivity index (χ0n) is 18.0. The molecule has 0 atom stereocenters. The first-order valence-corrected chi connectivity index (χ1v) is 10.5. The Labute approximate surface area is 197 Å². The monoisotopic (exact) mass is 475 g/mol. The highest BCUT2D eigenvalue weighted by molar-refractivity contribution is 6.00. The van der Waals surface area contributed by atoms with E-state index in [1.165, 1.54) is 48.8 Å². The molecule has 0 fully saturated rings. The van der Waals surface area contributed by atoms with E-state index < -0.39 is 23.5 Å². The van der Waals surface area contributed by atoms with Crippen LogP contribution in [0.4, 0.5) is 23.7 Å². The van der Waals surface area contributed by atoms with Crippen molar-refractivity contribution in [1.29, 1.82) is 0 Å². The van der Waals surface area contributed by atoms with Gasteiger partial charge in [0.15, 0.2) is 0 Å². The topological polar surface area (TPSA) is 73.3 Å². The van der Waals surface area contributed by atoms with E-state index in [9.17, 15) is 18.0 Å². The molecule has 2 heterocycles. The lowest BCUT2D eigenvalue weighted by molar-refractivity contribution is 0.215. The number of amides is 1. The van der Waals surface area contributed by atoms with Crippen LogP contribution in [0, 0.1) is 17.5 Å². The van der Waals surface area contributed by atoms with Crippen LogP contribution >= 0.6 is 0 Å². The summed E-state index contributed by atoms with van der Waals surface area (Å²) < 4.78 is 52.7. The fourth-order valence-corrected chi connectivity index (χ4v) is 3.61.